The molecular weight excluding hydrogens is 372 g/mol. The Hall–Kier alpha value is -3.56. The minimum Gasteiger partial charge on any atom is -0.452 e. The molecule has 0 aromatic heterocycles. The lowest BCUT2D eigenvalue weighted by atomic mass is 10.1. The summed E-state index contributed by atoms with van der Waals surface area (Å²) in [6, 6.07) is 23.3. The maximum atomic E-state index is 13.0. The number of para-hydroxylation sites is 2. The molecule has 1 amide bonds. The van der Waals surface area contributed by atoms with Crippen molar-refractivity contribution < 1.29 is 14.3 Å². The van der Waals surface area contributed by atoms with Crippen LogP contribution in [0.25, 0.3) is 0 Å². The quantitative estimate of drug-likeness (QED) is 0.618. The van der Waals surface area contributed by atoms with Crippen molar-refractivity contribution in [2.24, 2.45) is 0 Å². The highest BCUT2D eigenvalue weighted by Gasteiger charge is 2.28. The third-order valence-corrected chi connectivity index (χ3v) is 5.39. The van der Waals surface area contributed by atoms with Crippen LogP contribution in [0.15, 0.2) is 82.6 Å². The standard InChI is InChI=1S/C22H14N2O3S/c23-13-15-9-11-16(12-10-15)22(26)27-14-21(25)24-17-5-1-3-7-19(17)28-20-8-4-2-6-18(20)24/h1-12H,14H2. The van der Waals surface area contributed by atoms with Crippen molar-refractivity contribution in [2.75, 3.05) is 11.5 Å². The van der Waals surface area contributed by atoms with Crippen LogP contribution in [-0.2, 0) is 9.53 Å². The molecule has 1 aliphatic rings. The maximum absolute atomic E-state index is 13.0. The summed E-state index contributed by atoms with van der Waals surface area (Å²) in [6.45, 7) is -0.383. The fourth-order valence-corrected chi connectivity index (χ4v) is 3.99. The van der Waals surface area contributed by atoms with Gasteiger partial charge in [0.15, 0.2) is 6.61 Å². The molecule has 28 heavy (non-hydrogen) atoms. The average Bonchev–Trinajstić information content (AvgIpc) is 2.75. The molecule has 0 saturated carbocycles. The van der Waals surface area contributed by atoms with Gasteiger partial charge in [0, 0.05) is 9.79 Å². The molecular formula is C22H14N2O3S. The van der Waals surface area contributed by atoms with E-state index in [9.17, 15) is 9.59 Å². The number of nitriles is 1. The first-order chi connectivity index (χ1) is 13.7. The first kappa shape index (κ1) is 17.8. The Morgan fingerprint density at radius 3 is 2.04 bits per heavy atom. The van der Waals surface area contributed by atoms with Crippen molar-refractivity contribution in [1.82, 2.24) is 0 Å². The van der Waals surface area contributed by atoms with Gasteiger partial charge in [0.25, 0.3) is 5.91 Å². The number of hydrogen-bond donors (Lipinski definition) is 0. The van der Waals surface area contributed by atoms with E-state index < -0.39 is 5.97 Å². The molecule has 0 unspecified atom stereocenters. The topological polar surface area (TPSA) is 70.4 Å². The van der Waals surface area contributed by atoms with Gasteiger partial charge in [-0.3, -0.25) is 9.69 Å². The molecule has 3 aromatic rings. The molecule has 0 spiro atoms. The molecule has 0 aliphatic carbocycles. The average molecular weight is 386 g/mol. The van der Waals surface area contributed by atoms with Crippen LogP contribution in [-0.4, -0.2) is 18.5 Å². The molecule has 0 saturated heterocycles. The predicted molar refractivity (Wildman–Crippen MR) is 106 cm³/mol. The van der Waals surface area contributed by atoms with E-state index in [1.807, 2.05) is 54.6 Å². The number of rotatable bonds is 3. The summed E-state index contributed by atoms with van der Waals surface area (Å²) >= 11 is 1.60. The highest BCUT2D eigenvalue weighted by atomic mass is 32.2. The van der Waals surface area contributed by atoms with Crippen molar-refractivity contribution in [3.63, 3.8) is 0 Å². The Morgan fingerprint density at radius 1 is 0.893 bits per heavy atom. The Balaban J connectivity index is 1.55. The van der Waals surface area contributed by atoms with Crippen LogP contribution in [0.5, 0.6) is 0 Å². The van der Waals surface area contributed by atoms with E-state index in [-0.39, 0.29) is 12.5 Å². The van der Waals surface area contributed by atoms with E-state index >= 15 is 0 Å². The SMILES string of the molecule is N#Cc1ccc(C(=O)OCC(=O)N2c3ccccc3Sc3ccccc32)cc1. The second kappa shape index (κ2) is 7.59. The zero-order valence-corrected chi connectivity index (χ0v) is 15.5. The van der Waals surface area contributed by atoms with Gasteiger partial charge in [0.05, 0.1) is 28.6 Å². The van der Waals surface area contributed by atoms with Crippen molar-refractivity contribution in [3.8, 4) is 6.07 Å². The third kappa shape index (κ3) is 3.36. The van der Waals surface area contributed by atoms with Gasteiger partial charge in [-0.15, -0.1) is 0 Å². The second-order valence-electron chi connectivity index (χ2n) is 6.03. The van der Waals surface area contributed by atoms with Crippen LogP contribution in [0.2, 0.25) is 0 Å². The van der Waals surface area contributed by atoms with Gasteiger partial charge in [-0.1, -0.05) is 36.0 Å². The zero-order chi connectivity index (χ0) is 19.5. The van der Waals surface area contributed by atoms with Crippen LogP contribution in [0.1, 0.15) is 15.9 Å². The van der Waals surface area contributed by atoms with Crippen molar-refractivity contribution in [1.29, 1.82) is 5.26 Å². The van der Waals surface area contributed by atoms with Crippen LogP contribution in [0.3, 0.4) is 0 Å². The first-order valence-electron chi connectivity index (χ1n) is 8.53. The molecule has 6 heteroatoms. The molecule has 136 valence electrons. The number of benzene rings is 3. The number of hydrogen-bond acceptors (Lipinski definition) is 5. The number of esters is 1. The largest absolute Gasteiger partial charge is 0.452 e. The minimum absolute atomic E-state index is 0.293. The Labute approximate surface area is 166 Å². The van der Waals surface area contributed by atoms with Crippen molar-refractivity contribution in [2.45, 2.75) is 9.79 Å². The monoisotopic (exact) mass is 386 g/mol. The van der Waals surface area contributed by atoms with Gasteiger partial charge in [0.2, 0.25) is 0 Å². The first-order valence-corrected chi connectivity index (χ1v) is 9.35. The molecule has 0 bridgehead atoms. The summed E-state index contributed by atoms with van der Waals surface area (Å²) in [5.74, 6) is -0.937. The van der Waals surface area contributed by atoms with E-state index in [4.69, 9.17) is 10.00 Å². The molecule has 4 rings (SSSR count). The van der Waals surface area contributed by atoms with Crippen LogP contribution < -0.4 is 4.90 Å². The predicted octanol–water partition coefficient (Wildman–Crippen LogP) is 4.54. The summed E-state index contributed by atoms with van der Waals surface area (Å²) in [5, 5.41) is 8.83. The third-order valence-electron chi connectivity index (χ3n) is 4.26. The summed E-state index contributed by atoms with van der Waals surface area (Å²) in [7, 11) is 0. The van der Waals surface area contributed by atoms with Crippen molar-refractivity contribution >= 4 is 35.0 Å². The van der Waals surface area contributed by atoms with E-state index in [1.54, 1.807) is 16.7 Å². The highest BCUT2D eigenvalue weighted by Crippen LogP contribution is 2.47. The number of amides is 1. The second-order valence-corrected chi connectivity index (χ2v) is 7.12. The lowest BCUT2D eigenvalue weighted by molar-refractivity contribution is -0.121. The minimum atomic E-state index is -0.606. The van der Waals surface area contributed by atoms with Crippen LogP contribution in [0.4, 0.5) is 11.4 Å². The normalized spacial score (nSPS) is 11.8. The van der Waals surface area contributed by atoms with Crippen LogP contribution >= 0.6 is 11.8 Å². The van der Waals surface area contributed by atoms with Gasteiger partial charge in [-0.05, 0) is 48.5 Å². The molecule has 5 nitrogen and oxygen atoms in total. The number of anilines is 2. The Morgan fingerprint density at radius 2 is 1.46 bits per heavy atom. The molecule has 0 atom stereocenters. The number of ether oxygens (including phenoxy) is 1. The Kier molecular flexibility index (Phi) is 4.83. The van der Waals surface area contributed by atoms with Gasteiger partial charge < -0.3 is 4.74 Å². The maximum Gasteiger partial charge on any atom is 0.338 e. The highest BCUT2D eigenvalue weighted by molar-refractivity contribution is 7.99. The molecule has 1 aliphatic heterocycles. The molecule has 0 radical (unpaired) electrons. The van der Waals surface area contributed by atoms with Gasteiger partial charge in [-0.2, -0.15) is 5.26 Å². The fourth-order valence-electron chi connectivity index (χ4n) is 2.93. The summed E-state index contributed by atoms with van der Waals surface area (Å²) < 4.78 is 5.23. The number of nitrogens with zero attached hydrogens (tertiary/aromatic N) is 2. The summed E-state index contributed by atoms with van der Waals surface area (Å²) in [4.78, 5) is 28.7. The molecule has 0 fully saturated rings. The number of carbonyl (C=O) groups is 2. The summed E-state index contributed by atoms with van der Waals surface area (Å²) in [6.07, 6.45) is 0. The van der Waals surface area contributed by atoms with E-state index in [2.05, 4.69) is 0 Å². The number of fused-ring (bicyclic) bond motifs is 2. The van der Waals surface area contributed by atoms with Crippen LogP contribution in [0, 0.1) is 11.3 Å². The molecule has 0 N–H and O–H groups in total. The van der Waals surface area contributed by atoms with Crippen molar-refractivity contribution in [3.05, 3.63) is 83.9 Å². The lowest BCUT2D eigenvalue weighted by Crippen LogP contribution is -2.32. The molecule has 3 aromatic carbocycles. The zero-order valence-electron chi connectivity index (χ0n) is 14.7. The van der Waals surface area contributed by atoms with E-state index in [1.165, 1.54) is 24.3 Å². The van der Waals surface area contributed by atoms with Gasteiger partial charge in [0.1, 0.15) is 0 Å². The Bertz CT molecular complexity index is 1060. The van der Waals surface area contributed by atoms with E-state index in [0.717, 1.165) is 21.2 Å². The number of carbonyl (C=O) groups excluding carboxylic acids is 2. The lowest BCUT2D eigenvalue weighted by Gasteiger charge is -2.30. The smallest absolute Gasteiger partial charge is 0.338 e. The van der Waals surface area contributed by atoms with E-state index in [0.29, 0.717) is 11.1 Å². The van der Waals surface area contributed by atoms with Gasteiger partial charge in [-0.25, -0.2) is 4.79 Å². The molecule has 1 heterocycles. The van der Waals surface area contributed by atoms with Gasteiger partial charge >= 0.3 is 5.97 Å². The fraction of sp³-hybridized carbons (Fsp3) is 0.0455. The summed E-state index contributed by atoms with van der Waals surface area (Å²) in [5.41, 5.74) is 2.28.